The van der Waals surface area contributed by atoms with Gasteiger partial charge in [0.1, 0.15) is 45.3 Å². The van der Waals surface area contributed by atoms with Crippen LogP contribution in [0.5, 0.6) is 23.0 Å². The Morgan fingerprint density at radius 3 is 1.24 bits per heavy atom. The lowest BCUT2D eigenvalue weighted by molar-refractivity contribution is 0.436. The summed E-state index contributed by atoms with van der Waals surface area (Å²) in [5.74, 6) is 3.30. The Hall–Kier alpha value is -16.8. The molecule has 21 aromatic rings. The standard InChI is InChI=1S/C125H80N2O4/c1-78(126(109-59-32-64-116-119(109)94-46-18-27-61-111(94)128-116)85-71-74-114-106(76-85)124(103-55-25-28-62-112(103)129-114)98-50-20-13-41-89(98)90-42-14-21-51-99(90)124)66-73-96-79(2)87-40-12-19-49-97(87)122(96,81-34-6-3-7-35-81)84-69-67-80(68-70-84)88-47-30-48-95-120-110(60-33-65-117(120)131-121(88)95)127(108-58-31-57-105-118(108)93-45-17-24-54-102(93)123(105,82-36-8-4-9-37-82)83-38-10-5-11-39-83)86-72-75-115-107(77-86)125(104-56-26-29-63-113(104)130-115)100-52-22-15-43-91(100)92-44-16-23-53-101(92)125/h3-77H,1H2,2H3/b73-66-. The van der Waals surface area contributed by atoms with Crippen LogP contribution in [0.25, 0.3) is 94.0 Å². The highest BCUT2D eigenvalue weighted by atomic mass is 16.5. The molecule has 2 aliphatic heterocycles. The quantitative estimate of drug-likeness (QED) is 0.107. The molecule has 2 aromatic heterocycles. The van der Waals surface area contributed by atoms with Crippen molar-refractivity contribution in [3.05, 3.63) is 562 Å². The molecule has 4 aliphatic carbocycles. The van der Waals surface area contributed by atoms with Gasteiger partial charge in [-0.25, -0.2) is 0 Å². The average molecular weight is 1670 g/mol. The third-order valence-electron chi connectivity index (χ3n) is 29.4. The summed E-state index contributed by atoms with van der Waals surface area (Å²) >= 11 is 0. The number of hydrogen-bond acceptors (Lipinski definition) is 6. The maximum atomic E-state index is 7.56. The van der Waals surface area contributed by atoms with Crippen LogP contribution in [-0.2, 0) is 21.7 Å². The maximum absolute atomic E-state index is 7.56. The van der Waals surface area contributed by atoms with E-state index in [9.17, 15) is 0 Å². The molecule has 27 rings (SSSR count). The zero-order chi connectivity index (χ0) is 86.4. The first-order valence-electron chi connectivity index (χ1n) is 45.2. The van der Waals surface area contributed by atoms with Crippen LogP contribution in [0.4, 0.5) is 28.4 Å². The van der Waals surface area contributed by atoms with E-state index in [-0.39, 0.29) is 0 Å². The number of fused-ring (bicyclic) bond motifs is 28. The summed E-state index contributed by atoms with van der Waals surface area (Å²) < 4.78 is 28.6. The normalized spacial score (nSPS) is 15.4. The van der Waals surface area contributed by atoms with Crippen LogP contribution in [0.3, 0.4) is 0 Å². The van der Waals surface area contributed by atoms with E-state index in [1.807, 2.05) is 6.07 Å². The summed E-state index contributed by atoms with van der Waals surface area (Å²) in [5.41, 5.74) is 36.0. The molecule has 131 heavy (non-hydrogen) atoms. The topological polar surface area (TPSA) is 51.2 Å². The Balaban J connectivity index is 0.627. The fourth-order valence-electron chi connectivity index (χ4n) is 24.3. The number of nitrogens with zero attached hydrogens (tertiary/aromatic N) is 2. The van der Waals surface area contributed by atoms with E-state index in [1.54, 1.807) is 0 Å². The summed E-state index contributed by atoms with van der Waals surface area (Å²) in [5, 5.41) is 3.99. The molecule has 1 unspecified atom stereocenters. The van der Waals surface area contributed by atoms with E-state index < -0.39 is 21.7 Å². The molecule has 19 aromatic carbocycles. The van der Waals surface area contributed by atoms with E-state index >= 15 is 0 Å². The average Bonchev–Trinajstić information content (AvgIpc) is 1.54. The first-order chi connectivity index (χ1) is 64.8. The van der Waals surface area contributed by atoms with Gasteiger partial charge in [0.05, 0.1) is 49.5 Å². The number of para-hydroxylation sites is 4. The molecule has 4 heterocycles. The van der Waals surface area contributed by atoms with Gasteiger partial charge in [-0.05, 0) is 209 Å². The second-order valence-corrected chi connectivity index (χ2v) is 35.4. The second-order valence-electron chi connectivity index (χ2n) is 35.4. The van der Waals surface area contributed by atoms with Gasteiger partial charge in [0.15, 0.2) is 0 Å². The molecule has 0 radical (unpaired) electrons. The van der Waals surface area contributed by atoms with Gasteiger partial charge in [-0.1, -0.05) is 371 Å². The lowest BCUT2D eigenvalue weighted by Gasteiger charge is -2.40. The minimum Gasteiger partial charge on any atom is -0.457 e. The Kier molecular flexibility index (Phi) is 16.1. The van der Waals surface area contributed by atoms with Gasteiger partial charge in [0, 0.05) is 61.2 Å². The van der Waals surface area contributed by atoms with Crippen molar-refractivity contribution in [2.75, 3.05) is 9.80 Å². The van der Waals surface area contributed by atoms with E-state index in [2.05, 4.69) is 466 Å². The highest BCUT2D eigenvalue weighted by Crippen LogP contribution is 2.68. The van der Waals surface area contributed by atoms with Crippen molar-refractivity contribution in [1.82, 2.24) is 0 Å². The predicted molar refractivity (Wildman–Crippen MR) is 532 cm³/mol. The monoisotopic (exact) mass is 1670 g/mol. The van der Waals surface area contributed by atoms with Crippen molar-refractivity contribution in [3.63, 3.8) is 0 Å². The van der Waals surface area contributed by atoms with E-state index in [1.165, 1.54) is 89.0 Å². The van der Waals surface area contributed by atoms with E-state index in [0.29, 0.717) is 0 Å². The molecule has 0 saturated heterocycles. The zero-order valence-electron chi connectivity index (χ0n) is 71.5. The number of hydrogen-bond donors (Lipinski definition) is 0. The Morgan fingerprint density at radius 2 is 0.664 bits per heavy atom. The second kappa shape index (κ2) is 28.4. The summed E-state index contributed by atoms with van der Waals surface area (Å²) in [4.78, 5) is 4.87. The fourth-order valence-corrected chi connectivity index (χ4v) is 24.3. The van der Waals surface area contributed by atoms with Crippen molar-refractivity contribution in [1.29, 1.82) is 0 Å². The molecule has 614 valence electrons. The van der Waals surface area contributed by atoms with Gasteiger partial charge < -0.3 is 28.1 Å². The maximum Gasteiger partial charge on any atom is 0.143 e. The molecule has 2 spiro atoms. The van der Waals surface area contributed by atoms with Crippen LogP contribution in [0.2, 0.25) is 0 Å². The molecule has 0 bridgehead atoms. The van der Waals surface area contributed by atoms with Gasteiger partial charge in [-0.2, -0.15) is 0 Å². The Bertz CT molecular complexity index is 8350. The van der Waals surface area contributed by atoms with Crippen LogP contribution in [0.1, 0.15) is 95.9 Å². The Morgan fingerprint density at radius 1 is 0.275 bits per heavy atom. The smallest absolute Gasteiger partial charge is 0.143 e. The third-order valence-corrected chi connectivity index (χ3v) is 29.4. The number of furan rings is 2. The van der Waals surface area contributed by atoms with Gasteiger partial charge in [-0.3, -0.25) is 0 Å². The van der Waals surface area contributed by atoms with Gasteiger partial charge >= 0.3 is 0 Å². The molecule has 0 saturated carbocycles. The molecule has 6 nitrogen and oxygen atoms in total. The SMILES string of the molecule is C=C(/C=C\C1=C(C)c2ccccc2C1(c1ccccc1)c1ccc(-c2cccc3c2oc2cccc(N(c4ccc5c(c4)C4(c6ccccc6O5)c5ccccc5-c5ccccc54)c4cccc5c4-c4ccccc4C5(c4ccccc4)c4ccccc4)c23)cc1)N(c1ccc2c(c1)C1(c3ccccc3O2)c2ccccc2-c2ccccc21)c1cccc2oc3ccccc3c12. The minimum absolute atomic E-state index is 0.679. The van der Waals surface area contributed by atoms with Gasteiger partial charge in [0.25, 0.3) is 0 Å². The molecular formula is C125H80N2O4. The van der Waals surface area contributed by atoms with Crippen LogP contribution in [0.15, 0.2) is 482 Å². The molecule has 0 amide bonds. The number of benzene rings is 19. The van der Waals surface area contributed by atoms with Crippen molar-refractivity contribution in [3.8, 4) is 67.5 Å². The number of rotatable bonds is 13. The highest BCUT2D eigenvalue weighted by Gasteiger charge is 2.55. The van der Waals surface area contributed by atoms with E-state index in [4.69, 9.17) is 24.9 Å². The first-order valence-corrected chi connectivity index (χ1v) is 45.2. The van der Waals surface area contributed by atoms with Crippen LogP contribution >= 0.6 is 0 Å². The molecule has 6 aliphatic rings. The van der Waals surface area contributed by atoms with Crippen LogP contribution in [0, 0.1) is 0 Å². The summed E-state index contributed by atoms with van der Waals surface area (Å²) in [6.45, 7) is 7.48. The van der Waals surface area contributed by atoms with Crippen LogP contribution < -0.4 is 19.3 Å². The van der Waals surface area contributed by atoms with Crippen LogP contribution in [-0.4, -0.2) is 0 Å². The lowest BCUT2D eigenvalue weighted by Crippen LogP contribution is -2.32. The number of allylic oxidation sites excluding steroid dienone is 4. The largest absolute Gasteiger partial charge is 0.457 e. The molecule has 0 fully saturated rings. The van der Waals surface area contributed by atoms with Crippen molar-refractivity contribution in [2.45, 2.75) is 28.6 Å². The van der Waals surface area contributed by atoms with Crippen molar-refractivity contribution < 1.29 is 18.3 Å². The Labute approximate surface area is 758 Å². The summed E-state index contributed by atoms with van der Waals surface area (Å²) in [7, 11) is 0. The van der Waals surface area contributed by atoms with Gasteiger partial charge in [-0.15, -0.1) is 0 Å². The molecule has 0 N–H and O–H groups in total. The molecule has 1 atom stereocenters. The molecule has 6 heteroatoms. The fraction of sp³-hybridized carbons (Fsp3) is 0.0400. The lowest BCUT2D eigenvalue weighted by atomic mass is 9.66. The highest BCUT2D eigenvalue weighted by molar-refractivity contribution is 6.18. The minimum atomic E-state index is -0.810. The first kappa shape index (κ1) is 74.4. The summed E-state index contributed by atoms with van der Waals surface area (Å²) in [6.07, 6.45) is 4.60. The predicted octanol–water partition coefficient (Wildman–Crippen LogP) is 32.0. The molecular weight excluding hydrogens is 1590 g/mol. The van der Waals surface area contributed by atoms with Crippen molar-refractivity contribution >= 4 is 77.9 Å². The zero-order valence-corrected chi connectivity index (χ0v) is 71.5. The van der Waals surface area contributed by atoms with Gasteiger partial charge in [0.2, 0.25) is 0 Å². The van der Waals surface area contributed by atoms with E-state index in [0.717, 1.165) is 157 Å². The number of ether oxygens (including phenoxy) is 2. The summed E-state index contributed by atoms with van der Waals surface area (Å²) in [6, 6.07) is 162. The van der Waals surface area contributed by atoms with Crippen molar-refractivity contribution in [2.24, 2.45) is 0 Å². The number of anilines is 5. The third kappa shape index (κ3) is 10.2.